The fourth-order valence-corrected chi connectivity index (χ4v) is 4.07. The van der Waals surface area contributed by atoms with Crippen molar-refractivity contribution in [3.63, 3.8) is 0 Å². The van der Waals surface area contributed by atoms with Crippen LogP contribution in [0.2, 0.25) is 0 Å². The van der Waals surface area contributed by atoms with Gasteiger partial charge in [-0.05, 0) is 40.6 Å². The zero-order valence-electron chi connectivity index (χ0n) is 14.0. The van der Waals surface area contributed by atoms with Gasteiger partial charge in [0.1, 0.15) is 5.75 Å². The number of para-hydroxylation sites is 2. The lowest BCUT2D eigenvalue weighted by molar-refractivity contribution is -0.116. The number of aromatic nitrogens is 4. The number of fused-ring (bicyclic) bond motifs is 1. The van der Waals surface area contributed by atoms with E-state index in [9.17, 15) is 9.00 Å². The van der Waals surface area contributed by atoms with Gasteiger partial charge in [0, 0.05) is 23.0 Å². The van der Waals surface area contributed by atoms with Crippen molar-refractivity contribution in [2.45, 2.75) is 12.2 Å². The maximum absolute atomic E-state index is 12.6. The molecule has 0 N–H and O–H groups in total. The number of hydrogen-bond acceptors (Lipinski definition) is 5. The Labute approximate surface area is 153 Å². The molecule has 1 aromatic heterocycles. The Morgan fingerprint density at radius 1 is 1.08 bits per heavy atom. The van der Waals surface area contributed by atoms with Crippen molar-refractivity contribution in [2.24, 2.45) is 0 Å². The maximum Gasteiger partial charge on any atom is 0.239 e. The summed E-state index contributed by atoms with van der Waals surface area (Å²) in [6.07, 6.45) is 0.834. The Morgan fingerprint density at radius 3 is 2.69 bits per heavy atom. The van der Waals surface area contributed by atoms with Gasteiger partial charge in [0.2, 0.25) is 5.91 Å². The fourth-order valence-electron chi connectivity index (χ4n) is 3.07. The molecular formula is C18H17N5O2S. The predicted octanol–water partition coefficient (Wildman–Crippen LogP) is 1.50. The van der Waals surface area contributed by atoms with E-state index in [0.717, 1.165) is 23.4 Å². The number of tetrazole rings is 1. The number of amides is 1. The molecule has 2 aromatic carbocycles. The quantitative estimate of drug-likeness (QED) is 0.683. The van der Waals surface area contributed by atoms with Gasteiger partial charge in [-0.1, -0.05) is 36.4 Å². The summed E-state index contributed by atoms with van der Waals surface area (Å²) in [5.74, 6) is 0.426. The molecule has 0 spiro atoms. The average molecular weight is 367 g/mol. The Kier molecular flexibility index (Phi) is 4.57. The summed E-state index contributed by atoms with van der Waals surface area (Å²) >= 11 is 0. The van der Waals surface area contributed by atoms with Crippen LogP contribution in [-0.2, 0) is 27.8 Å². The van der Waals surface area contributed by atoms with E-state index in [0.29, 0.717) is 12.4 Å². The highest BCUT2D eigenvalue weighted by molar-refractivity contribution is 7.84. The summed E-state index contributed by atoms with van der Waals surface area (Å²) in [5, 5.41) is 11.6. The van der Waals surface area contributed by atoms with Gasteiger partial charge in [-0.25, -0.2) is 0 Å². The second-order valence-corrected chi connectivity index (χ2v) is 7.45. The second kappa shape index (κ2) is 7.17. The predicted molar refractivity (Wildman–Crippen MR) is 98.4 cm³/mol. The van der Waals surface area contributed by atoms with E-state index in [2.05, 4.69) is 15.5 Å². The zero-order chi connectivity index (χ0) is 17.9. The average Bonchev–Trinajstić information content (AvgIpc) is 3.29. The molecule has 7 nitrogen and oxygen atoms in total. The van der Waals surface area contributed by atoms with Gasteiger partial charge >= 0.3 is 0 Å². The molecule has 0 saturated carbocycles. The molecule has 2 heterocycles. The van der Waals surface area contributed by atoms with E-state index in [1.54, 1.807) is 9.58 Å². The van der Waals surface area contributed by atoms with Crippen LogP contribution in [0.25, 0.3) is 5.69 Å². The van der Waals surface area contributed by atoms with Crippen molar-refractivity contribution < 1.29 is 9.00 Å². The number of nitrogens with zero attached hydrogens (tertiary/aromatic N) is 5. The van der Waals surface area contributed by atoms with Gasteiger partial charge in [-0.2, -0.15) is 4.68 Å². The van der Waals surface area contributed by atoms with Crippen LogP contribution in [0, 0.1) is 0 Å². The van der Waals surface area contributed by atoms with Crippen molar-refractivity contribution in [1.82, 2.24) is 20.2 Å². The minimum Gasteiger partial charge on any atom is -0.311 e. The molecule has 8 heteroatoms. The normalized spacial score (nSPS) is 14.2. The summed E-state index contributed by atoms with van der Waals surface area (Å²) in [6.45, 7) is 0.636. The molecule has 4 rings (SSSR count). The molecule has 1 atom stereocenters. The molecule has 1 aliphatic rings. The highest BCUT2D eigenvalue weighted by Crippen LogP contribution is 2.27. The Morgan fingerprint density at radius 2 is 1.85 bits per heavy atom. The van der Waals surface area contributed by atoms with Crippen molar-refractivity contribution in [3.05, 3.63) is 66.0 Å². The number of carbonyl (C=O) groups excluding carboxylic acids is 1. The van der Waals surface area contributed by atoms with Crippen molar-refractivity contribution in [3.8, 4) is 5.69 Å². The van der Waals surface area contributed by atoms with Gasteiger partial charge in [-0.3, -0.25) is 9.00 Å². The molecule has 3 aromatic rings. The van der Waals surface area contributed by atoms with Crippen LogP contribution < -0.4 is 4.90 Å². The lowest BCUT2D eigenvalue weighted by Crippen LogP contribution is -2.33. The van der Waals surface area contributed by atoms with Crippen molar-refractivity contribution in [1.29, 1.82) is 0 Å². The number of benzene rings is 2. The van der Waals surface area contributed by atoms with Crippen LogP contribution >= 0.6 is 0 Å². The van der Waals surface area contributed by atoms with E-state index in [4.69, 9.17) is 0 Å². The fraction of sp³-hybridized carbons (Fsp3) is 0.222. The van der Waals surface area contributed by atoms with Crippen molar-refractivity contribution >= 4 is 22.4 Å². The molecular weight excluding hydrogens is 350 g/mol. The third kappa shape index (κ3) is 3.28. The van der Waals surface area contributed by atoms with Gasteiger partial charge < -0.3 is 4.90 Å². The van der Waals surface area contributed by atoms with Crippen molar-refractivity contribution in [2.75, 3.05) is 17.2 Å². The number of rotatable bonds is 5. The standard InChI is InChI=1S/C18H17N5O2S/c24-18(22-11-10-14-6-4-5-9-16(14)22)13-26(25)12-17-19-20-21-23(17)15-7-2-1-3-8-15/h1-9H,10-13H2/t26-/m1/s1. The topological polar surface area (TPSA) is 81.0 Å². The lowest BCUT2D eigenvalue weighted by Gasteiger charge is -2.16. The molecule has 0 bridgehead atoms. The molecule has 0 saturated heterocycles. The molecule has 132 valence electrons. The molecule has 0 unspecified atom stereocenters. The first-order valence-corrected chi connectivity index (χ1v) is 9.77. The highest BCUT2D eigenvalue weighted by atomic mass is 32.2. The van der Waals surface area contributed by atoms with E-state index >= 15 is 0 Å². The summed E-state index contributed by atoms with van der Waals surface area (Å²) in [6, 6.07) is 17.2. The first-order chi connectivity index (χ1) is 12.7. The molecule has 0 aliphatic carbocycles. The minimum absolute atomic E-state index is 0.0457. The summed E-state index contributed by atoms with van der Waals surface area (Å²) in [5.41, 5.74) is 2.87. The molecule has 0 fully saturated rings. The molecule has 0 radical (unpaired) electrons. The van der Waals surface area contributed by atoms with E-state index in [1.165, 1.54) is 0 Å². The summed E-state index contributed by atoms with van der Waals surface area (Å²) < 4.78 is 14.1. The minimum atomic E-state index is -1.39. The number of carbonyl (C=O) groups is 1. The van der Waals surface area contributed by atoms with Gasteiger partial charge in [0.05, 0.1) is 11.4 Å². The zero-order valence-corrected chi connectivity index (χ0v) is 14.8. The number of anilines is 1. The van der Waals surface area contributed by atoms with Crippen LogP contribution in [0.15, 0.2) is 54.6 Å². The largest absolute Gasteiger partial charge is 0.311 e. The monoisotopic (exact) mass is 367 g/mol. The third-order valence-corrected chi connectivity index (χ3v) is 5.45. The molecule has 26 heavy (non-hydrogen) atoms. The maximum atomic E-state index is 12.6. The first kappa shape index (κ1) is 16.6. The Bertz CT molecular complexity index is 957. The Balaban J connectivity index is 1.44. The SMILES string of the molecule is O=C(C[S@](=O)Cc1nnnn1-c1ccccc1)N1CCc2ccccc21. The van der Waals surface area contributed by atoms with Gasteiger partial charge in [-0.15, -0.1) is 5.10 Å². The molecule has 1 aliphatic heterocycles. The van der Waals surface area contributed by atoms with Gasteiger partial charge in [0.25, 0.3) is 0 Å². The van der Waals surface area contributed by atoms with E-state index in [1.807, 2.05) is 54.6 Å². The smallest absolute Gasteiger partial charge is 0.239 e. The van der Waals surface area contributed by atoms with Crippen LogP contribution in [0.3, 0.4) is 0 Å². The third-order valence-electron chi connectivity index (χ3n) is 4.30. The summed E-state index contributed by atoms with van der Waals surface area (Å²) in [4.78, 5) is 14.3. The van der Waals surface area contributed by atoms with Crippen LogP contribution in [-0.4, -0.2) is 42.6 Å². The van der Waals surface area contributed by atoms with Crippen LogP contribution in [0.5, 0.6) is 0 Å². The number of hydrogen-bond donors (Lipinski definition) is 0. The van der Waals surface area contributed by atoms with Crippen LogP contribution in [0.1, 0.15) is 11.4 Å². The Hall–Kier alpha value is -2.87. The van der Waals surface area contributed by atoms with Gasteiger partial charge in [0.15, 0.2) is 5.82 Å². The molecule has 1 amide bonds. The summed E-state index contributed by atoms with van der Waals surface area (Å²) in [7, 11) is -1.39. The first-order valence-electron chi connectivity index (χ1n) is 8.28. The van der Waals surface area contributed by atoms with E-state index < -0.39 is 10.8 Å². The van der Waals surface area contributed by atoms with E-state index in [-0.39, 0.29) is 17.4 Å². The van der Waals surface area contributed by atoms with Crippen LogP contribution in [0.4, 0.5) is 5.69 Å². The highest BCUT2D eigenvalue weighted by Gasteiger charge is 2.25. The lowest BCUT2D eigenvalue weighted by atomic mass is 10.2. The second-order valence-electron chi connectivity index (χ2n) is 6.00.